The smallest absolute Gasteiger partial charge is 0.121 e. The van der Waals surface area contributed by atoms with Gasteiger partial charge in [0.05, 0.1) is 6.10 Å². The van der Waals surface area contributed by atoms with Crippen LogP contribution in [0.15, 0.2) is 24.3 Å². The van der Waals surface area contributed by atoms with Gasteiger partial charge in [-0.1, -0.05) is 13.0 Å². The molecule has 0 fully saturated rings. The van der Waals surface area contributed by atoms with Gasteiger partial charge in [-0.15, -0.1) is 0 Å². The fourth-order valence-corrected chi connectivity index (χ4v) is 1.42. The number of anilines is 1. The third-order valence-electron chi connectivity index (χ3n) is 2.63. The van der Waals surface area contributed by atoms with Crippen molar-refractivity contribution in [3.63, 3.8) is 0 Å². The molecule has 0 saturated carbocycles. The Morgan fingerprint density at radius 1 is 1.35 bits per heavy atom. The Morgan fingerprint density at radius 2 is 2.12 bits per heavy atom. The van der Waals surface area contributed by atoms with E-state index in [2.05, 4.69) is 50.3 Å². The monoisotopic (exact) mass is 236 g/mol. The number of nitrogens with one attached hydrogen (secondary N) is 1. The average molecular weight is 236 g/mol. The van der Waals surface area contributed by atoms with E-state index in [4.69, 9.17) is 4.74 Å². The maximum atomic E-state index is 5.78. The van der Waals surface area contributed by atoms with Gasteiger partial charge in [0, 0.05) is 24.8 Å². The standard InChI is InChI=1S/C14H24N2O/c1-5-12(2)17-14-8-6-7-13(11-14)15-9-10-16(3)4/h6-8,11-12,15H,5,9-10H2,1-4H3. The van der Waals surface area contributed by atoms with Crippen molar-refractivity contribution in [2.24, 2.45) is 0 Å². The van der Waals surface area contributed by atoms with Crippen molar-refractivity contribution in [3.05, 3.63) is 24.3 Å². The molecular weight excluding hydrogens is 212 g/mol. The van der Waals surface area contributed by atoms with Crippen LogP contribution in [0.25, 0.3) is 0 Å². The lowest BCUT2D eigenvalue weighted by Crippen LogP contribution is -2.20. The lowest BCUT2D eigenvalue weighted by molar-refractivity contribution is 0.217. The molecule has 3 nitrogen and oxygen atoms in total. The van der Waals surface area contributed by atoms with Crippen molar-refractivity contribution < 1.29 is 4.74 Å². The number of likely N-dealkylation sites (N-methyl/N-ethyl adjacent to an activating group) is 1. The van der Waals surface area contributed by atoms with Crippen molar-refractivity contribution >= 4 is 5.69 Å². The fourth-order valence-electron chi connectivity index (χ4n) is 1.42. The number of ether oxygens (including phenoxy) is 1. The zero-order chi connectivity index (χ0) is 12.7. The Kier molecular flexibility index (Phi) is 5.84. The molecule has 0 heterocycles. The third-order valence-corrected chi connectivity index (χ3v) is 2.63. The summed E-state index contributed by atoms with van der Waals surface area (Å²) in [6.07, 6.45) is 1.30. The summed E-state index contributed by atoms with van der Waals surface area (Å²) in [5, 5.41) is 3.39. The Labute approximate surface area is 105 Å². The summed E-state index contributed by atoms with van der Waals surface area (Å²) in [5.41, 5.74) is 1.12. The summed E-state index contributed by atoms with van der Waals surface area (Å²) in [7, 11) is 4.15. The van der Waals surface area contributed by atoms with Gasteiger partial charge in [-0.25, -0.2) is 0 Å². The summed E-state index contributed by atoms with van der Waals surface area (Å²) in [6, 6.07) is 8.15. The highest BCUT2D eigenvalue weighted by Crippen LogP contribution is 2.18. The molecule has 1 N–H and O–H groups in total. The van der Waals surface area contributed by atoms with Gasteiger partial charge in [0.25, 0.3) is 0 Å². The van der Waals surface area contributed by atoms with Crippen LogP contribution in [0, 0.1) is 0 Å². The maximum absolute atomic E-state index is 5.78. The molecule has 1 aromatic carbocycles. The van der Waals surface area contributed by atoms with Gasteiger partial charge >= 0.3 is 0 Å². The first-order chi connectivity index (χ1) is 8.11. The first-order valence-corrected chi connectivity index (χ1v) is 6.27. The molecule has 0 aliphatic heterocycles. The molecule has 17 heavy (non-hydrogen) atoms. The van der Waals surface area contributed by atoms with Crippen molar-refractivity contribution in [2.75, 3.05) is 32.5 Å². The van der Waals surface area contributed by atoms with Crippen LogP contribution in [-0.2, 0) is 0 Å². The number of hydrogen-bond donors (Lipinski definition) is 1. The lowest BCUT2D eigenvalue weighted by atomic mass is 10.2. The van der Waals surface area contributed by atoms with Gasteiger partial charge in [0.1, 0.15) is 5.75 Å². The zero-order valence-electron chi connectivity index (χ0n) is 11.4. The Hall–Kier alpha value is -1.22. The van der Waals surface area contributed by atoms with E-state index < -0.39 is 0 Å². The van der Waals surface area contributed by atoms with E-state index in [1.54, 1.807) is 0 Å². The summed E-state index contributed by atoms with van der Waals surface area (Å²) >= 11 is 0. The van der Waals surface area contributed by atoms with Crippen molar-refractivity contribution in [2.45, 2.75) is 26.4 Å². The number of nitrogens with zero attached hydrogens (tertiary/aromatic N) is 1. The normalized spacial score (nSPS) is 12.5. The molecule has 96 valence electrons. The molecule has 0 bridgehead atoms. The van der Waals surface area contributed by atoms with E-state index in [1.165, 1.54) is 0 Å². The molecule has 1 atom stereocenters. The van der Waals surface area contributed by atoms with E-state index in [9.17, 15) is 0 Å². The second kappa shape index (κ2) is 7.17. The van der Waals surface area contributed by atoms with Gasteiger partial charge in [-0.05, 0) is 39.6 Å². The SMILES string of the molecule is CCC(C)Oc1cccc(NCCN(C)C)c1. The van der Waals surface area contributed by atoms with Crippen LogP contribution in [0.2, 0.25) is 0 Å². The Balaban J connectivity index is 2.48. The van der Waals surface area contributed by atoms with Gasteiger partial charge in [-0.3, -0.25) is 0 Å². The first kappa shape index (κ1) is 13.8. The minimum atomic E-state index is 0.270. The molecule has 1 rings (SSSR count). The molecule has 0 aliphatic carbocycles. The van der Waals surface area contributed by atoms with E-state index in [0.29, 0.717) is 0 Å². The molecule has 0 aliphatic rings. The molecule has 0 radical (unpaired) electrons. The number of benzene rings is 1. The average Bonchev–Trinajstić information content (AvgIpc) is 2.29. The third kappa shape index (κ3) is 5.59. The summed E-state index contributed by atoms with van der Waals surface area (Å²) in [5.74, 6) is 0.939. The van der Waals surface area contributed by atoms with Crippen LogP contribution in [-0.4, -0.2) is 38.2 Å². The van der Waals surface area contributed by atoms with Crippen LogP contribution in [0.4, 0.5) is 5.69 Å². The molecule has 3 heteroatoms. The second-order valence-electron chi connectivity index (χ2n) is 4.59. The predicted molar refractivity (Wildman–Crippen MR) is 73.9 cm³/mol. The quantitative estimate of drug-likeness (QED) is 0.788. The highest BCUT2D eigenvalue weighted by atomic mass is 16.5. The van der Waals surface area contributed by atoms with Crippen molar-refractivity contribution in [3.8, 4) is 5.75 Å². The van der Waals surface area contributed by atoms with Crippen LogP contribution < -0.4 is 10.1 Å². The first-order valence-electron chi connectivity index (χ1n) is 6.27. The number of rotatable bonds is 7. The lowest BCUT2D eigenvalue weighted by Gasteiger charge is -2.15. The fraction of sp³-hybridized carbons (Fsp3) is 0.571. The molecule has 0 aromatic heterocycles. The molecule has 0 spiro atoms. The molecule has 0 saturated heterocycles. The Bertz CT molecular complexity index is 326. The molecule has 1 unspecified atom stereocenters. The minimum absolute atomic E-state index is 0.270. The van der Waals surface area contributed by atoms with Crippen molar-refractivity contribution in [1.82, 2.24) is 4.90 Å². The highest BCUT2D eigenvalue weighted by Gasteiger charge is 2.01. The topological polar surface area (TPSA) is 24.5 Å². The van der Waals surface area contributed by atoms with Crippen LogP contribution in [0.5, 0.6) is 5.75 Å². The number of hydrogen-bond acceptors (Lipinski definition) is 3. The summed E-state index contributed by atoms with van der Waals surface area (Å²) < 4.78 is 5.78. The Morgan fingerprint density at radius 3 is 2.76 bits per heavy atom. The highest BCUT2D eigenvalue weighted by molar-refractivity contribution is 5.48. The van der Waals surface area contributed by atoms with Gasteiger partial charge < -0.3 is 15.0 Å². The van der Waals surface area contributed by atoms with E-state index in [-0.39, 0.29) is 6.10 Å². The van der Waals surface area contributed by atoms with E-state index in [1.807, 2.05) is 12.1 Å². The van der Waals surface area contributed by atoms with E-state index in [0.717, 1.165) is 30.9 Å². The summed E-state index contributed by atoms with van der Waals surface area (Å²) in [4.78, 5) is 2.16. The molecule has 1 aromatic rings. The summed E-state index contributed by atoms with van der Waals surface area (Å²) in [6.45, 7) is 6.19. The minimum Gasteiger partial charge on any atom is -0.491 e. The van der Waals surface area contributed by atoms with Crippen LogP contribution >= 0.6 is 0 Å². The predicted octanol–water partition coefficient (Wildman–Crippen LogP) is 2.84. The van der Waals surface area contributed by atoms with Crippen LogP contribution in [0.1, 0.15) is 20.3 Å². The zero-order valence-corrected chi connectivity index (χ0v) is 11.4. The van der Waals surface area contributed by atoms with Gasteiger partial charge in [0.2, 0.25) is 0 Å². The van der Waals surface area contributed by atoms with Gasteiger partial charge in [-0.2, -0.15) is 0 Å². The molecule has 0 amide bonds. The molecular formula is C14H24N2O. The largest absolute Gasteiger partial charge is 0.491 e. The van der Waals surface area contributed by atoms with Crippen LogP contribution in [0.3, 0.4) is 0 Å². The second-order valence-corrected chi connectivity index (χ2v) is 4.59. The van der Waals surface area contributed by atoms with Gasteiger partial charge in [0.15, 0.2) is 0 Å². The van der Waals surface area contributed by atoms with E-state index >= 15 is 0 Å². The van der Waals surface area contributed by atoms with Crippen molar-refractivity contribution in [1.29, 1.82) is 0 Å². The maximum Gasteiger partial charge on any atom is 0.121 e.